The zero-order valence-electron chi connectivity index (χ0n) is 13.3. The zero-order chi connectivity index (χ0) is 19.3. The molecule has 136 valence electrons. The molecule has 9 heteroatoms. The van der Waals surface area contributed by atoms with Crippen molar-refractivity contribution in [1.29, 1.82) is 0 Å². The Bertz CT molecular complexity index is 809. The summed E-state index contributed by atoms with van der Waals surface area (Å²) in [6.07, 6.45) is 0. The summed E-state index contributed by atoms with van der Waals surface area (Å²) in [5, 5.41) is 22.1. The van der Waals surface area contributed by atoms with Crippen molar-refractivity contribution in [3.63, 3.8) is 0 Å². The summed E-state index contributed by atoms with van der Waals surface area (Å²) in [6.45, 7) is -0.210. The third-order valence-electron chi connectivity index (χ3n) is 3.54. The Balaban J connectivity index is 2.07. The lowest BCUT2D eigenvalue weighted by Crippen LogP contribution is -2.19. The summed E-state index contributed by atoms with van der Waals surface area (Å²) in [5.74, 6) is -1.15. The Hall–Kier alpha value is -2.26. The first-order valence-corrected chi connectivity index (χ1v) is 9.25. The number of carboxylic acids is 1. The number of alkyl halides is 2. The lowest BCUT2D eigenvalue weighted by molar-refractivity contribution is -0.384. The second kappa shape index (κ2) is 8.91. The van der Waals surface area contributed by atoms with Gasteiger partial charge < -0.3 is 10.4 Å². The van der Waals surface area contributed by atoms with Crippen LogP contribution in [0.4, 0.5) is 11.4 Å². The Labute approximate surface area is 165 Å². The zero-order valence-corrected chi connectivity index (χ0v) is 16.4. The molecule has 7 nitrogen and oxygen atoms in total. The number of rotatable bonds is 8. The molecule has 0 saturated carbocycles. The second-order valence-corrected chi connectivity index (χ2v) is 7.31. The van der Waals surface area contributed by atoms with Gasteiger partial charge >= 0.3 is 5.97 Å². The van der Waals surface area contributed by atoms with Crippen molar-refractivity contribution in [1.82, 2.24) is 0 Å². The number of hydrogen-bond donors (Lipinski definition) is 2. The van der Waals surface area contributed by atoms with E-state index >= 15 is 0 Å². The normalized spacial score (nSPS) is 12.8. The summed E-state index contributed by atoms with van der Waals surface area (Å²) < 4.78 is 0. The first-order chi connectivity index (χ1) is 12.3. The van der Waals surface area contributed by atoms with Crippen LogP contribution in [-0.2, 0) is 4.79 Å². The van der Waals surface area contributed by atoms with Gasteiger partial charge in [0.1, 0.15) is 6.54 Å². The Kier molecular flexibility index (Phi) is 6.87. The third-order valence-corrected chi connectivity index (χ3v) is 6.25. The molecular formula is C17H14Br2N2O5. The number of non-ortho nitro benzene ring substituents is 1. The Morgan fingerprint density at radius 2 is 1.65 bits per heavy atom. The van der Waals surface area contributed by atoms with E-state index in [9.17, 15) is 19.7 Å². The van der Waals surface area contributed by atoms with E-state index in [4.69, 9.17) is 5.11 Å². The molecule has 2 unspecified atom stereocenters. The number of nitrogens with zero attached hydrogens (tertiary/aromatic N) is 1. The molecule has 0 heterocycles. The largest absolute Gasteiger partial charge is 0.480 e. The van der Waals surface area contributed by atoms with Gasteiger partial charge in [-0.2, -0.15) is 0 Å². The monoisotopic (exact) mass is 484 g/mol. The topological polar surface area (TPSA) is 110 Å². The van der Waals surface area contributed by atoms with Gasteiger partial charge in [0.05, 0.1) is 14.6 Å². The van der Waals surface area contributed by atoms with Crippen molar-refractivity contribution in [3.8, 4) is 0 Å². The number of halogens is 2. The SMILES string of the molecule is O=C(O)CNc1ccc(C(=O)C(Br)C(Br)c2ccc([N+](=O)[O-])cc2)cc1. The number of benzene rings is 2. The van der Waals surface area contributed by atoms with Gasteiger partial charge in [-0.1, -0.05) is 44.0 Å². The van der Waals surface area contributed by atoms with E-state index in [0.717, 1.165) is 5.56 Å². The predicted molar refractivity (Wildman–Crippen MR) is 104 cm³/mol. The molecule has 2 aromatic carbocycles. The van der Waals surface area contributed by atoms with Crippen LogP contribution in [0.3, 0.4) is 0 Å². The first-order valence-electron chi connectivity index (χ1n) is 7.42. The van der Waals surface area contributed by atoms with Crippen molar-refractivity contribution in [2.24, 2.45) is 0 Å². The fraction of sp³-hybridized carbons (Fsp3) is 0.176. The predicted octanol–water partition coefficient (Wildman–Crippen LogP) is 4.17. The lowest BCUT2D eigenvalue weighted by Gasteiger charge is -2.16. The van der Waals surface area contributed by atoms with Crippen molar-refractivity contribution in [2.75, 3.05) is 11.9 Å². The number of aliphatic carboxylic acids is 1. The molecule has 2 aromatic rings. The fourth-order valence-electron chi connectivity index (χ4n) is 2.17. The number of ketones is 1. The molecule has 2 atom stereocenters. The van der Waals surface area contributed by atoms with Crippen LogP contribution in [0.1, 0.15) is 20.7 Å². The highest BCUT2D eigenvalue weighted by atomic mass is 79.9. The number of nitro benzene ring substituents is 1. The van der Waals surface area contributed by atoms with E-state index in [1.807, 2.05) is 0 Å². The number of nitrogens with one attached hydrogen (secondary N) is 1. The molecule has 0 aliphatic heterocycles. The van der Waals surface area contributed by atoms with Crippen LogP contribution < -0.4 is 5.32 Å². The molecule has 0 saturated heterocycles. The number of nitro groups is 1. The average molecular weight is 486 g/mol. The Morgan fingerprint density at radius 3 is 2.15 bits per heavy atom. The molecule has 0 aliphatic carbocycles. The summed E-state index contributed by atoms with van der Waals surface area (Å²) >= 11 is 6.83. The number of anilines is 1. The third kappa shape index (κ3) is 5.12. The van der Waals surface area contributed by atoms with Crippen LogP contribution in [0.25, 0.3) is 0 Å². The molecule has 0 bridgehead atoms. The van der Waals surface area contributed by atoms with Gasteiger partial charge in [0.2, 0.25) is 0 Å². The summed E-state index contributed by atoms with van der Waals surface area (Å²) in [5.41, 5.74) is 1.76. The van der Waals surface area contributed by atoms with Crippen LogP contribution in [0, 0.1) is 10.1 Å². The van der Waals surface area contributed by atoms with Crippen LogP contribution in [-0.4, -0.2) is 33.2 Å². The van der Waals surface area contributed by atoms with Crippen LogP contribution >= 0.6 is 31.9 Å². The highest BCUT2D eigenvalue weighted by Crippen LogP contribution is 2.34. The van der Waals surface area contributed by atoms with E-state index in [-0.39, 0.29) is 22.8 Å². The number of Topliss-reactive ketones (excluding diaryl/α,β-unsaturated/α-hetero) is 1. The molecule has 0 radical (unpaired) electrons. The van der Waals surface area contributed by atoms with Gasteiger partial charge in [-0.15, -0.1) is 0 Å². The minimum absolute atomic E-state index is 0.0182. The van der Waals surface area contributed by atoms with Gasteiger partial charge in [0.15, 0.2) is 5.78 Å². The fourth-order valence-corrected chi connectivity index (χ4v) is 3.29. The second-order valence-electron chi connectivity index (χ2n) is 5.34. The smallest absolute Gasteiger partial charge is 0.322 e. The van der Waals surface area contributed by atoms with Gasteiger partial charge in [-0.05, 0) is 29.8 Å². The molecular weight excluding hydrogens is 472 g/mol. The molecule has 2 rings (SSSR count). The maximum Gasteiger partial charge on any atom is 0.322 e. The van der Waals surface area contributed by atoms with Crippen molar-refractivity contribution in [3.05, 3.63) is 69.8 Å². The number of carbonyl (C=O) groups is 2. The minimum atomic E-state index is -0.976. The summed E-state index contributed by atoms with van der Waals surface area (Å²) in [6, 6.07) is 12.4. The molecule has 0 aromatic heterocycles. The molecule has 26 heavy (non-hydrogen) atoms. The van der Waals surface area contributed by atoms with Crippen molar-refractivity contribution < 1.29 is 19.6 Å². The van der Waals surface area contributed by atoms with Crippen molar-refractivity contribution in [2.45, 2.75) is 9.65 Å². The number of carbonyl (C=O) groups excluding carboxylic acids is 1. The van der Waals surface area contributed by atoms with E-state index in [1.54, 1.807) is 36.4 Å². The van der Waals surface area contributed by atoms with E-state index < -0.39 is 15.7 Å². The highest BCUT2D eigenvalue weighted by molar-refractivity contribution is 9.12. The van der Waals surface area contributed by atoms with Crippen LogP contribution in [0.2, 0.25) is 0 Å². The van der Waals surface area contributed by atoms with Crippen LogP contribution in [0.5, 0.6) is 0 Å². The van der Waals surface area contributed by atoms with E-state index in [0.29, 0.717) is 11.3 Å². The van der Waals surface area contributed by atoms with Gasteiger partial charge in [0, 0.05) is 23.4 Å². The maximum absolute atomic E-state index is 12.6. The summed E-state index contributed by atoms with van der Waals surface area (Å²) in [7, 11) is 0. The maximum atomic E-state index is 12.6. The minimum Gasteiger partial charge on any atom is -0.480 e. The lowest BCUT2D eigenvalue weighted by atomic mass is 10.0. The van der Waals surface area contributed by atoms with Crippen LogP contribution in [0.15, 0.2) is 48.5 Å². The van der Waals surface area contributed by atoms with Gasteiger partial charge in [0.25, 0.3) is 5.69 Å². The quantitative estimate of drug-likeness (QED) is 0.251. The molecule has 0 aliphatic rings. The molecule has 0 fully saturated rings. The Morgan fingerprint density at radius 1 is 1.08 bits per heavy atom. The number of carboxylic acid groups (broad SMARTS) is 1. The van der Waals surface area contributed by atoms with Gasteiger partial charge in [-0.3, -0.25) is 19.7 Å². The van der Waals surface area contributed by atoms with E-state index in [1.165, 1.54) is 12.1 Å². The highest BCUT2D eigenvalue weighted by Gasteiger charge is 2.26. The first kappa shape index (κ1) is 20.1. The molecule has 0 spiro atoms. The summed E-state index contributed by atoms with van der Waals surface area (Å²) in [4.78, 5) is 32.4. The van der Waals surface area contributed by atoms with E-state index in [2.05, 4.69) is 37.2 Å². The molecule has 0 amide bonds. The standard InChI is InChI=1S/C17H14Br2N2O5/c18-15(10-3-7-13(8-4-10)21(25)26)16(19)17(24)11-1-5-12(6-2-11)20-9-14(22)23/h1-8,15-16,20H,9H2,(H,22,23). The average Bonchev–Trinajstić information content (AvgIpc) is 2.65. The van der Waals surface area contributed by atoms with Crippen molar-refractivity contribution >= 4 is 55.0 Å². The number of hydrogen-bond acceptors (Lipinski definition) is 5. The van der Waals surface area contributed by atoms with Gasteiger partial charge in [-0.25, -0.2) is 0 Å². The molecule has 2 N–H and O–H groups in total.